The second-order valence-corrected chi connectivity index (χ2v) is 6.19. The van der Waals surface area contributed by atoms with Gasteiger partial charge in [0.25, 0.3) is 0 Å². The zero-order valence-electron chi connectivity index (χ0n) is 15.0. The normalized spacial score (nSPS) is 13.0. The molecule has 3 rings (SSSR count). The molecule has 134 valence electrons. The molecule has 1 unspecified atom stereocenters. The largest absolute Gasteiger partial charge is 0.379 e. The van der Waals surface area contributed by atoms with E-state index in [0.717, 1.165) is 43.5 Å². The van der Waals surface area contributed by atoms with E-state index in [4.69, 9.17) is 10.4 Å². The highest BCUT2D eigenvalue weighted by atomic mass is 16.6. The Morgan fingerprint density at radius 1 is 1.28 bits per heavy atom. The maximum atomic E-state index is 5.90. The highest BCUT2D eigenvalue weighted by Gasteiger charge is 2.22. The van der Waals surface area contributed by atoms with E-state index < -0.39 is 0 Å². The summed E-state index contributed by atoms with van der Waals surface area (Å²) in [6, 6.07) is 2.21. The van der Waals surface area contributed by atoms with Gasteiger partial charge in [0.2, 0.25) is 0 Å². The number of pyridine rings is 1. The number of nitrogen functional groups attached to an aromatic ring is 1. The number of hydrogen-bond donors (Lipinski definition) is 1. The van der Waals surface area contributed by atoms with Crippen molar-refractivity contribution in [2.24, 2.45) is 0 Å². The topological polar surface area (TPSA) is 98.9 Å². The smallest absolute Gasteiger partial charge is 0.199 e. The van der Waals surface area contributed by atoms with E-state index in [0.29, 0.717) is 11.5 Å². The number of anilines is 1. The first-order valence-corrected chi connectivity index (χ1v) is 8.78. The summed E-state index contributed by atoms with van der Waals surface area (Å²) in [4.78, 5) is 11.3. The summed E-state index contributed by atoms with van der Waals surface area (Å²) in [5, 5.41) is 7.62. The zero-order valence-corrected chi connectivity index (χ0v) is 15.0. The molecule has 8 nitrogen and oxygen atoms in total. The van der Waals surface area contributed by atoms with Crippen LogP contribution in [0.5, 0.6) is 0 Å². The standard InChI is InChI=1S/C17H25N7O/c1-4-23(5-2)10-6-7-12(3)24-14-8-9-19-11-13(14)20-17(24)15-16(18)22-25-21-15/h8-9,11-12H,4-7,10H2,1-3H3,(H2,18,22). The molecular weight excluding hydrogens is 318 g/mol. The molecule has 0 saturated heterocycles. The Bertz CT molecular complexity index is 821. The van der Waals surface area contributed by atoms with Gasteiger partial charge < -0.3 is 15.2 Å². The minimum Gasteiger partial charge on any atom is -0.379 e. The van der Waals surface area contributed by atoms with E-state index in [1.54, 1.807) is 12.4 Å². The molecule has 0 aliphatic carbocycles. The van der Waals surface area contributed by atoms with Crippen molar-refractivity contribution in [3.8, 4) is 11.5 Å². The summed E-state index contributed by atoms with van der Waals surface area (Å²) in [5.74, 6) is 0.928. The van der Waals surface area contributed by atoms with Gasteiger partial charge in [-0.05, 0) is 55.8 Å². The summed E-state index contributed by atoms with van der Waals surface area (Å²) in [6.07, 6.45) is 5.67. The summed E-state index contributed by atoms with van der Waals surface area (Å²) in [7, 11) is 0. The monoisotopic (exact) mass is 343 g/mol. The van der Waals surface area contributed by atoms with Gasteiger partial charge in [0.05, 0.1) is 11.7 Å². The van der Waals surface area contributed by atoms with Gasteiger partial charge in [0, 0.05) is 12.2 Å². The fourth-order valence-corrected chi connectivity index (χ4v) is 3.19. The fraction of sp³-hybridized carbons (Fsp3) is 0.529. The van der Waals surface area contributed by atoms with Crippen molar-refractivity contribution in [3.05, 3.63) is 18.5 Å². The van der Waals surface area contributed by atoms with E-state index in [-0.39, 0.29) is 11.9 Å². The Labute approximate surface area is 147 Å². The number of rotatable bonds is 8. The molecule has 0 aliphatic heterocycles. The summed E-state index contributed by atoms with van der Waals surface area (Å²) < 4.78 is 6.93. The van der Waals surface area contributed by atoms with Gasteiger partial charge in [-0.1, -0.05) is 13.8 Å². The first-order chi connectivity index (χ1) is 12.2. The molecule has 1 atom stereocenters. The molecule has 0 aromatic carbocycles. The van der Waals surface area contributed by atoms with Crippen LogP contribution in [0.2, 0.25) is 0 Å². The lowest BCUT2D eigenvalue weighted by Crippen LogP contribution is -2.24. The Morgan fingerprint density at radius 3 is 2.76 bits per heavy atom. The van der Waals surface area contributed by atoms with Gasteiger partial charge in [-0.25, -0.2) is 9.61 Å². The van der Waals surface area contributed by atoms with E-state index >= 15 is 0 Å². The minimum absolute atomic E-state index is 0.245. The van der Waals surface area contributed by atoms with Crippen molar-refractivity contribution in [2.75, 3.05) is 25.4 Å². The van der Waals surface area contributed by atoms with E-state index in [2.05, 4.69) is 50.5 Å². The van der Waals surface area contributed by atoms with E-state index in [1.165, 1.54) is 0 Å². The molecule has 8 heteroatoms. The molecule has 3 aromatic rings. The average molecular weight is 343 g/mol. The van der Waals surface area contributed by atoms with Crippen LogP contribution in [0.15, 0.2) is 23.1 Å². The number of fused-ring (bicyclic) bond motifs is 1. The SMILES string of the molecule is CCN(CC)CCCC(C)n1c(-c2nonc2N)nc2cnccc21. The maximum absolute atomic E-state index is 5.90. The summed E-state index contributed by atoms with van der Waals surface area (Å²) >= 11 is 0. The fourth-order valence-electron chi connectivity index (χ4n) is 3.19. The number of nitrogens with two attached hydrogens (primary N) is 1. The van der Waals surface area contributed by atoms with Crippen LogP contribution in [0, 0.1) is 0 Å². The Hall–Kier alpha value is -2.48. The van der Waals surface area contributed by atoms with Crippen LogP contribution in [0.1, 0.15) is 39.7 Å². The Morgan fingerprint density at radius 2 is 2.08 bits per heavy atom. The van der Waals surface area contributed by atoms with Crippen LogP contribution in [0.3, 0.4) is 0 Å². The lowest BCUT2D eigenvalue weighted by molar-refractivity contribution is 0.289. The lowest BCUT2D eigenvalue weighted by atomic mass is 10.1. The molecule has 3 aromatic heterocycles. The van der Waals surface area contributed by atoms with Crippen molar-refractivity contribution >= 4 is 16.9 Å². The number of nitrogens with zero attached hydrogens (tertiary/aromatic N) is 6. The minimum atomic E-state index is 0.245. The first-order valence-electron chi connectivity index (χ1n) is 8.78. The molecule has 3 heterocycles. The Balaban J connectivity index is 1.90. The summed E-state index contributed by atoms with van der Waals surface area (Å²) in [5.41, 5.74) is 8.21. The molecule has 0 saturated carbocycles. The third-order valence-electron chi connectivity index (χ3n) is 4.65. The third kappa shape index (κ3) is 3.48. The van der Waals surface area contributed by atoms with Crippen molar-refractivity contribution in [1.29, 1.82) is 0 Å². The van der Waals surface area contributed by atoms with Crippen LogP contribution in [-0.4, -0.2) is 49.4 Å². The highest BCUT2D eigenvalue weighted by Crippen LogP contribution is 2.30. The number of imidazole rings is 1. The highest BCUT2D eigenvalue weighted by molar-refractivity contribution is 5.80. The van der Waals surface area contributed by atoms with Gasteiger partial charge in [-0.2, -0.15) is 0 Å². The lowest BCUT2D eigenvalue weighted by Gasteiger charge is -2.21. The van der Waals surface area contributed by atoms with Gasteiger partial charge >= 0.3 is 0 Å². The van der Waals surface area contributed by atoms with Gasteiger partial charge in [0.1, 0.15) is 5.52 Å². The third-order valence-corrected chi connectivity index (χ3v) is 4.65. The number of hydrogen-bond acceptors (Lipinski definition) is 7. The summed E-state index contributed by atoms with van der Waals surface area (Å²) in [6.45, 7) is 9.84. The predicted molar refractivity (Wildman–Crippen MR) is 97.0 cm³/mol. The molecule has 0 spiro atoms. The molecule has 0 radical (unpaired) electrons. The second kappa shape index (κ2) is 7.60. The van der Waals surface area contributed by atoms with Gasteiger partial charge in [-0.3, -0.25) is 4.98 Å². The van der Waals surface area contributed by atoms with Crippen LogP contribution >= 0.6 is 0 Å². The maximum Gasteiger partial charge on any atom is 0.199 e. The van der Waals surface area contributed by atoms with Crippen molar-refractivity contribution in [2.45, 2.75) is 39.7 Å². The second-order valence-electron chi connectivity index (χ2n) is 6.19. The van der Waals surface area contributed by atoms with Gasteiger partial charge in [0.15, 0.2) is 17.3 Å². The molecule has 0 fully saturated rings. The van der Waals surface area contributed by atoms with E-state index in [1.807, 2.05) is 6.07 Å². The molecule has 25 heavy (non-hydrogen) atoms. The molecule has 0 aliphatic rings. The zero-order chi connectivity index (χ0) is 17.8. The first kappa shape index (κ1) is 17.3. The van der Waals surface area contributed by atoms with Crippen LogP contribution < -0.4 is 5.73 Å². The van der Waals surface area contributed by atoms with Gasteiger partial charge in [-0.15, -0.1) is 0 Å². The van der Waals surface area contributed by atoms with Crippen LogP contribution in [0.4, 0.5) is 5.82 Å². The van der Waals surface area contributed by atoms with E-state index in [9.17, 15) is 0 Å². The van der Waals surface area contributed by atoms with Crippen molar-refractivity contribution in [1.82, 2.24) is 29.7 Å². The Kier molecular flexibility index (Phi) is 5.28. The average Bonchev–Trinajstić information content (AvgIpc) is 3.21. The molecule has 2 N–H and O–H groups in total. The predicted octanol–water partition coefficient (Wildman–Crippen LogP) is 2.75. The van der Waals surface area contributed by atoms with Crippen molar-refractivity contribution in [3.63, 3.8) is 0 Å². The van der Waals surface area contributed by atoms with Crippen molar-refractivity contribution < 1.29 is 4.63 Å². The molecular formula is C17H25N7O. The molecule has 0 amide bonds. The van der Waals surface area contributed by atoms with Crippen LogP contribution in [-0.2, 0) is 0 Å². The number of aromatic nitrogens is 5. The molecule has 0 bridgehead atoms. The van der Waals surface area contributed by atoms with Crippen LogP contribution in [0.25, 0.3) is 22.6 Å². The quantitative estimate of drug-likeness (QED) is 0.671.